The molecule has 1 aliphatic heterocycles. The smallest absolute Gasteiger partial charge is 0.377 e. The molecule has 1 aromatic carbocycles. The van der Waals surface area contributed by atoms with Gasteiger partial charge in [-0.15, -0.1) is 0 Å². The first-order chi connectivity index (χ1) is 15.5. The molecule has 2 aromatic rings. The number of halogens is 5. The standard InChI is InChI=1S/C25H28F5N3/c1-18-10-13-31-17-23(18)33(21-8-6-20(7-9-21)24(3,26)27)22-11-15-32(16-12-22)14-4-5-19(2)25(28,29)30/h4-10,13-14,17,22H,11-12,15-16H2,1-3H3/b14-4?,19-5+. The molecular formula is C25H28F5N3. The van der Waals surface area contributed by atoms with E-state index in [-0.39, 0.29) is 11.6 Å². The molecule has 0 spiro atoms. The summed E-state index contributed by atoms with van der Waals surface area (Å²) in [6.45, 7) is 5.23. The summed E-state index contributed by atoms with van der Waals surface area (Å²) in [5.74, 6) is -2.91. The van der Waals surface area contributed by atoms with Crippen LogP contribution in [-0.4, -0.2) is 35.2 Å². The van der Waals surface area contributed by atoms with Gasteiger partial charge in [-0.05, 0) is 62.7 Å². The second kappa shape index (κ2) is 9.93. The molecule has 3 rings (SSSR count). The number of hydrogen-bond acceptors (Lipinski definition) is 3. The van der Waals surface area contributed by atoms with E-state index in [2.05, 4.69) is 9.88 Å². The predicted octanol–water partition coefficient (Wildman–Crippen LogP) is 7.13. The summed E-state index contributed by atoms with van der Waals surface area (Å²) in [6, 6.07) is 8.30. The summed E-state index contributed by atoms with van der Waals surface area (Å²) < 4.78 is 65.3. The maximum Gasteiger partial charge on any atom is 0.412 e. The largest absolute Gasteiger partial charge is 0.412 e. The fraction of sp³-hybridized carbons (Fsp3) is 0.400. The van der Waals surface area contributed by atoms with E-state index in [0.717, 1.165) is 49.7 Å². The third kappa shape index (κ3) is 6.33. The number of rotatable bonds is 6. The van der Waals surface area contributed by atoms with Gasteiger partial charge in [0.25, 0.3) is 5.92 Å². The summed E-state index contributed by atoms with van der Waals surface area (Å²) in [4.78, 5) is 8.38. The van der Waals surface area contributed by atoms with Crippen molar-refractivity contribution in [2.24, 2.45) is 0 Å². The van der Waals surface area contributed by atoms with Gasteiger partial charge in [0.05, 0.1) is 11.9 Å². The molecule has 3 nitrogen and oxygen atoms in total. The molecule has 8 heteroatoms. The van der Waals surface area contributed by atoms with Crippen LogP contribution in [0.5, 0.6) is 0 Å². The number of pyridine rings is 1. The SMILES string of the molecule is C/C(=C\C=CN1CCC(N(c2ccc(C(C)(F)F)cc2)c2cnccc2C)CC1)C(F)(F)F. The first kappa shape index (κ1) is 24.7. The van der Waals surface area contributed by atoms with Crippen molar-refractivity contribution in [2.45, 2.75) is 51.8 Å². The lowest BCUT2D eigenvalue weighted by molar-refractivity contribution is -0.0913. The highest BCUT2D eigenvalue weighted by atomic mass is 19.4. The van der Waals surface area contributed by atoms with Crippen molar-refractivity contribution >= 4 is 11.4 Å². The van der Waals surface area contributed by atoms with E-state index in [0.29, 0.717) is 13.1 Å². The van der Waals surface area contributed by atoms with E-state index in [1.165, 1.54) is 18.2 Å². The number of benzene rings is 1. The van der Waals surface area contributed by atoms with Crippen molar-refractivity contribution in [3.63, 3.8) is 0 Å². The van der Waals surface area contributed by atoms with Gasteiger partial charge in [-0.2, -0.15) is 13.2 Å². The predicted molar refractivity (Wildman–Crippen MR) is 121 cm³/mol. The van der Waals surface area contributed by atoms with Crippen molar-refractivity contribution in [3.8, 4) is 0 Å². The minimum Gasteiger partial charge on any atom is -0.377 e. The van der Waals surface area contributed by atoms with Crippen molar-refractivity contribution in [2.75, 3.05) is 18.0 Å². The molecule has 178 valence electrons. The molecule has 0 aliphatic carbocycles. The third-order valence-corrected chi connectivity index (χ3v) is 5.88. The molecule has 0 amide bonds. The molecule has 0 unspecified atom stereocenters. The Kier molecular flexibility index (Phi) is 7.44. The van der Waals surface area contributed by atoms with Gasteiger partial charge in [0.1, 0.15) is 0 Å². The van der Waals surface area contributed by atoms with Gasteiger partial charge in [-0.25, -0.2) is 8.78 Å². The fourth-order valence-electron chi connectivity index (χ4n) is 3.87. The lowest BCUT2D eigenvalue weighted by Gasteiger charge is -2.40. The molecule has 1 aliphatic rings. The second-order valence-corrected chi connectivity index (χ2v) is 8.42. The van der Waals surface area contributed by atoms with Crippen LogP contribution in [0.15, 0.2) is 66.7 Å². The van der Waals surface area contributed by atoms with E-state index in [1.54, 1.807) is 30.7 Å². The van der Waals surface area contributed by atoms with Crippen LogP contribution in [-0.2, 0) is 5.92 Å². The second-order valence-electron chi connectivity index (χ2n) is 8.42. The fourth-order valence-corrected chi connectivity index (χ4v) is 3.87. The number of aromatic nitrogens is 1. The highest BCUT2D eigenvalue weighted by Gasteiger charge is 2.30. The molecule has 1 saturated heterocycles. The molecule has 1 aromatic heterocycles. The zero-order valence-electron chi connectivity index (χ0n) is 18.9. The maximum absolute atomic E-state index is 13.7. The first-order valence-electron chi connectivity index (χ1n) is 10.8. The summed E-state index contributed by atoms with van der Waals surface area (Å²) in [5.41, 5.74) is 2.04. The van der Waals surface area contributed by atoms with Crippen LogP contribution in [0, 0.1) is 6.92 Å². The van der Waals surface area contributed by atoms with Crippen LogP contribution in [0.1, 0.15) is 37.8 Å². The lowest BCUT2D eigenvalue weighted by Crippen LogP contribution is -2.41. The van der Waals surface area contributed by atoms with Gasteiger partial charge < -0.3 is 9.80 Å². The monoisotopic (exact) mass is 465 g/mol. The molecule has 1 fully saturated rings. The summed E-state index contributed by atoms with van der Waals surface area (Å²) in [5, 5.41) is 0. The highest BCUT2D eigenvalue weighted by molar-refractivity contribution is 5.66. The van der Waals surface area contributed by atoms with Crippen LogP contribution in [0.3, 0.4) is 0 Å². The van der Waals surface area contributed by atoms with E-state index < -0.39 is 17.7 Å². The Labute approximate surface area is 191 Å². The topological polar surface area (TPSA) is 19.4 Å². The van der Waals surface area contributed by atoms with Crippen LogP contribution >= 0.6 is 0 Å². The molecule has 0 radical (unpaired) electrons. The Morgan fingerprint density at radius 1 is 1.06 bits per heavy atom. The number of piperidine rings is 1. The zero-order valence-corrected chi connectivity index (χ0v) is 18.9. The zero-order chi connectivity index (χ0) is 24.2. The Morgan fingerprint density at radius 2 is 1.70 bits per heavy atom. The summed E-state index contributed by atoms with van der Waals surface area (Å²) >= 11 is 0. The minimum atomic E-state index is -4.32. The Morgan fingerprint density at radius 3 is 2.24 bits per heavy atom. The Hall–Kier alpha value is -2.90. The molecule has 0 N–H and O–H groups in total. The molecule has 0 saturated carbocycles. The quantitative estimate of drug-likeness (QED) is 0.334. The first-order valence-corrected chi connectivity index (χ1v) is 10.8. The van der Waals surface area contributed by atoms with E-state index in [1.807, 2.05) is 17.9 Å². The van der Waals surface area contributed by atoms with Gasteiger partial charge in [0.2, 0.25) is 0 Å². The number of aryl methyl sites for hydroxylation is 1. The van der Waals surface area contributed by atoms with Gasteiger partial charge in [-0.3, -0.25) is 4.98 Å². The van der Waals surface area contributed by atoms with Crippen LogP contribution < -0.4 is 4.90 Å². The lowest BCUT2D eigenvalue weighted by atomic mass is 10.00. The van der Waals surface area contributed by atoms with E-state index in [4.69, 9.17) is 0 Å². The molecule has 2 heterocycles. The Balaban J connectivity index is 1.79. The van der Waals surface area contributed by atoms with Crippen molar-refractivity contribution in [3.05, 3.63) is 77.8 Å². The maximum atomic E-state index is 13.7. The van der Waals surface area contributed by atoms with Gasteiger partial charge >= 0.3 is 6.18 Å². The number of hydrogen-bond donors (Lipinski definition) is 0. The van der Waals surface area contributed by atoms with Crippen LogP contribution in [0.25, 0.3) is 0 Å². The minimum absolute atomic E-state index is 0.0451. The van der Waals surface area contributed by atoms with E-state index in [9.17, 15) is 22.0 Å². The Bertz CT molecular complexity index is 982. The van der Waals surface area contributed by atoms with Crippen LogP contribution in [0.4, 0.5) is 33.3 Å². The number of likely N-dealkylation sites (tertiary alicyclic amines) is 1. The summed E-state index contributed by atoms with van der Waals surface area (Å²) in [6.07, 6.45) is 4.85. The average Bonchev–Trinajstić information content (AvgIpc) is 2.75. The highest BCUT2D eigenvalue weighted by Crippen LogP contribution is 2.36. The number of allylic oxidation sites excluding steroid dienone is 3. The van der Waals surface area contributed by atoms with Gasteiger partial charge in [0, 0.05) is 49.1 Å². The number of nitrogens with zero attached hydrogens (tertiary/aromatic N) is 3. The van der Waals surface area contributed by atoms with Crippen molar-refractivity contribution < 1.29 is 22.0 Å². The van der Waals surface area contributed by atoms with Crippen molar-refractivity contribution in [1.82, 2.24) is 9.88 Å². The number of anilines is 2. The van der Waals surface area contributed by atoms with E-state index >= 15 is 0 Å². The number of alkyl halides is 5. The summed E-state index contributed by atoms with van der Waals surface area (Å²) in [7, 11) is 0. The van der Waals surface area contributed by atoms with Gasteiger partial charge in [-0.1, -0.05) is 18.2 Å². The average molecular weight is 466 g/mol. The van der Waals surface area contributed by atoms with Crippen molar-refractivity contribution in [1.29, 1.82) is 0 Å². The third-order valence-electron chi connectivity index (χ3n) is 5.88. The van der Waals surface area contributed by atoms with Gasteiger partial charge in [0.15, 0.2) is 0 Å². The normalized spacial score (nSPS) is 16.5. The van der Waals surface area contributed by atoms with Crippen LogP contribution in [0.2, 0.25) is 0 Å². The molecule has 0 atom stereocenters. The molecular weight excluding hydrogens is 437 g/mol. The molecule has 33 heavy (non-hydrogen) atoms. The molecule has 0 bridgehead atoms.